The topological polar surface area (TPSA) is 39.2 Å². The van der Waals surface area contributed by atoms with E-state index >= 15 is 0 Å². The molecule has 94 valence electrons. The van der Waals surface area contributed by atoms with Crippen LogP contribution in [0.15, 0.2) is 26.5 Å². The van der Waals surface area contributed by atoms with Gasteiger partial charge in [0.2, 0.25) is 0 Å². The number of aromatic nitrogens is 1. The van der Waals surface area contributed by atoms with E-state index in [1.54, 1.807) is 23.5 Å². The molecule has 0 amide bonds. The molecular formula is C12H9Br2NO2S. The van der Waals surface area contributed by atoms with E-state index in [1.165, 1.54) is 0 Å². The molecule has 1 aromatic heterocycles. The first-order valence-corrected chi connectivity index (χ1v) is 7.54. The first-order chi connectivity index (χ1) is 8.60. The molecule has 0 aliphatic rings. The molecule has 6 heteroatoms. The molecule has 2 aromatic rings. The van der Waals surface area contributed by atoms with Gasteiger partial charge in [0.25, 0.3) is 0 Å². The Bertz CT molecular complexity index is 560. The lowest BCUT2D eigenvalue weighted by Crippen LogP contribution is -1.98. The van der Waals surface area contributed by atoms with E-state index in [-0.39, 0.29) is 0 Å². The molecule has 18 heavy (non-hydrogen) atoms. The van der Waals surface area contributed by atoms with Gasteiger partial charge in [-0.05, 0) is 50.9 Å². The summed E-state index contributed by atoms with van der Waals surface area (Å²) < 4.78 is 7.18. The molecule has 2 rings (SSSR count). The van der Waals surface area contributed by atoms with Gasteiger partial charge in [0.15, 0.2) is 0 Å². The number of carbonyl (C=O) groups is 1. The highest BCUT2D eigenvalue weighted by Gasteiger charge is 2.10. The van der Waals surface area contributed by atoms with Crippen molar-refractivity contribution in [1.29, 1.82) is 0 Å². The number of nitrogens with zero attached hydrogens (tertiary/aromatic N) is 1. The largest absolute Gasteiger partial charge is 0.485 e. The summed E-state index contributed by atoms with van der Waals surface area (Å²) in [5, 5.41) is 2.99. The quantitative estimate of drug-likeness (QED) is 0.727. The zero-order chi connectivity index (χ0) is 13.1. The fourth-order valence-corrected chi connectivity index (χ4v) is 3.45. The molecule has 1 heterocycles. The van der Waals surface area contributed by atoms with Crippen molar-refractivity contribution in [2.45, 2.75) is 13.5 Å². The SMILES string of the molecule is Cc1nc(COc2c(Br)cc(C=O)cc2Br)cs1. The Morgan fingerprint density at radius 1 is 1.39 bits per heavy atom. The van der Waals surface area contributed by atoms with Crippen LogP contribution < -0.4 is 4.74 Å². The van der Waals surface area contributed by atoms with Crippen LogP contribution in [0.5, 0.6) is 5.75 Å². The molecule has 0 radical (unpaired) electrons. The number of benzene rings is 1. The van der Waals surface area contributed by atoms with Crippen LogP contribution in [0.4, 0.5) is 0 Å². The predicted octanol–water partition coefficient (Wildman–Crippen LogP) is 4.37. The minimum absolute atomic E-state index is 0.405. The molecule has 0 fully saturated rings. The summed E-state index contributed by atoms with van der Waals surface area (Å²) >= 11 is 8.36. The van der Waals surface area contributed by atoms with E-state index in [9.17, 15) is 4.79 Å². The molecule has 0 aliphatic heterocycles. The minimum Gasteiger partial charge on any atom is -0.485 e. The lowest BCUT2D eigenvalue weighted by Gasteiger charge is -2.09. The lowest BCUT2D eigenvalue weighted by molar-refractivity contribution is 0.112. The summed E-state index contributed by atoms with van der Waals surface area (Å²) in [6.45, 7) is 2.36. The van der Waals surface area contributed by atoms with E-state index in [2.05, 4.69) is 36.8 Å². The van der Waals surface area contributed by atoms with Crippen molar-refractivity contribution in [3.63, 3.8) is 0 Å². The first kappa shape index (κ1) is 13.7. The molecule has 0 bridgehead atoms. The molecule has 0 N–H and O–H groups in total. The zero-order valence-electron chi connectivity index (χ0n) is 9.44. The number of halogens is 2. The third-order valence-electron chi connectivity index (χ3n) is 2.19. The Hall–Kier alpha value is -0.720. The van der Waals surface area contributed by atoms with Gasteiger partial charge in [0, 0.05) is 10.9 Å². The lowest BCUT2D eigenvalue weighted by atomic mass is 10.2. The summed E-state index contributed by atoms with van der Waals surface area (Å²) in [4.78, 5) is 15.0. The van der Waals surface area contributed by atoms with Gasteiger partial charge in [0.05, 0.1) is 19.6 Å². The van der Waals surface area contributed by atoms with Crippen LogP contribution in [0.25, 0.3) is 0 Å². The van der Waals surface area contributed by atoms with Crippen molar-refractivity contribution in [1.82, 2.24) is 4.98 Å². The van der Waals surface area contributed by atoms with Gasteiger partial charge in [-0.1, -0.05) is 0 Å². The number of rotatable bonds is 4. The molecule has 3 nitrogen and oxygen atoms in total. The van der Waals surface area contributed by atoms with E-state index in [1.807, 2.05) is 12.3 Å². The number of ether oxygens (including phenoxy) is 1. The van der Waals surface area contributed by atoms with Crippen LogP contribution >= 0.6 is 43.2 Å². The molecular weight excluding hydrogens is 382 g/mol. The highest BCUT2D eigenvalue weighted by Crippen LogP contribution is 2.35. The number of hydrogen-bond donors (Lipinski definition) is 0. The van der Waals surface area contributed by atoms with Crippen LogP contribution in [-0.4, -0.2) is 11.3 Å². The normalized spacial score (nSPS) is 10.4. The van der Waals surface area contributed by atoms with Crippen molar-refractivity contribution in [3.8, 4) is 5.75 Å². The maximum absolute atomic E-state index is 10.7. The van der Waals surface area contributed by atoms with Crippen LogP contribution in [0, 0.1) is 6.92 Å². The molecule has 0 saturated carbocycles. The maximum atomic E-state index is 10.7. The van der Waals surface area contributed by atoms with Gasteiger partial charge in [-0.3, -0.25) is 4.79 Å². The van der Waals surface area contributed by atoms with Gasteiger partial charge in [0.1, 0.15) is 18.6 Å². The zero-order valence-corrected chi connectivity index (χ0v) is 13.4. The number of carbonyl (C=O) groups excluding carboxylic acids is 1. The van der Waals surface area contributed by atoms with Crippen molar-refractivity contribution in [3.05, 3.63) is 42.7 Å². The molecule has 1 aromatic carbocycles. The van der Waals surface area contributed by atoms with Crippen LogP contribution in [0.2, 0.25) is 0 Å². The smallest absolute Gasteiger partial charge is 0.150 e. The van der Waals surface area contributed by atoms with E-state index in [0.29, 0.717) is 17.9 Å². The molecule has 0 unspecified atom stereocenters. The Labute approximate surface area is 125 Å². The van der Waals surface area contributed by atoms with Crippen molar-refractivity contribution in [2.75, 3.05) is 0 Å². The summed E-state index contributed by atoms with van der Waals surface area (Å²) in [5.41, 5.74) is 1.49. The molecule has 0 aliphatic carbocycles. The fourth-order valence-electron chi connectivity index (χ4n) is 1.41. The van der Waals surface area contributed by atoms with Crippen LogP contribution in [0.3, 0.4) is 0 Å². The average Bonchev–Trinajstić information content (AvgIpc) is 2.73. The second kappa shape index (κ2) is 5.95. The summed E-state index contributed by atoms with van der Waals surface area (Å²) in [6, 6.07) is 3.44. The second-order valence-corrected chi connectivity index (χ2v) is 6.35. The van der Waals surface area contributed by atoms with Gasteiger partial charge in [-0.25, -0.2) is 4.98 Å². The number of aryl methyl sites for hydroxylation is 1. The third-order valence-corrected chi connectivity index (χ3v) is 4.19. The highest BCUT2D eigenvalue weighted by molar-refractivity contribution is 9.11. The van der Waals surface area contributed by atoms with Crippen molar-refractivity contribution < 1.29 is 9.53 Å². The highest BCUT2D eigenvalue weighted by atomic mass is 79.9. The summed E-state index contributed by atoms with van der Waals surface area (Å²) in [6.07, 6.45) is 0.795. The van der Waals surface area contributed by atoms with E-state index in [0.717, 1.165) is 25.9 Å². The van der Waals surface area contributed by atoms with E-state index < -0.39 is 0 Å². The first-order valence-electron chi connectivity index (χ1n) is 5.08. The standard InChI is InChI=1S/C12H9Br2NO2S/c1-7-15-9(6-18-7)5-17-12-10(13)2-8(4-16)3-11(12)14/h2-4,6H,5H2,1H3. The minimum atomic E-state index is 0.405. The molecule has 0 atom stereocenters. The van der Waals surface area contributed by atoms with Crippen LogP contribution in [-0.2, 0) is 6.61 Å². The summed E-state index contributed by atoms with van der Waals surface area (Å²) in [5.74, 6) is 0.672. The fraction of sp³-hybridized carbons (Fsp3) is 0.167. The van der Waals surface area contributed by atoms with E-state index in [4.69, 9.17) is 4.74 Å². The Kier molecular flexibility index (Phi) is 4.53. The monoisotopic (exact) mass is 389 g/mol. The third kappa shape index (κ3) is 3.18. The Balaban J connectivity index is 2.16. The number of aldehydes is 1. The van der Waals surface area contributed by atoms with Gasteiger partial charge >= 0.3 is 0 Å². The molecule has 0 saturated heterocycles. The van der Waals surface area contributed by atoms with Crippen LogP contribution in [0.1, 0.15) is 21.1 Å². The maximum Gasteiger partial charge on any atom is 0.150 e. The Morgan fingerprint density at radius 2 is 2.06 bits per heavy atom. The number of hydrogen-bond acceptors (Lipinski definition) is 4. The van der Waals surface area contributed by atoms with Crippen molar-refractivity contribution in [2.24, 2.45) is 0 Å². The molecule has 0 spiro atoms. The second-order valence-electron chi connectivity index (χ2n) is 3.58. The predicted molar refractivity (Wildman–Crippen MR) is 78.4 cm³/mol. The van der Waals surface area contributed by atoms with Gasteiger partial charge in [-0.15, -0.1) is 11.3 Å². The van der Waals surface area contributed by atoms with Gasteiger partial charge in [-0.2, -0.15) is 0 Å². The Morgan fingerprint density at radius 3 is 2.56 bits per heavy atom. The van der Waals surface area contributed by atoms with Crippen molar-refractivity contribution >= 4 is 49.5 Å². The summed E-state index contributed by atoms with van der Waals surface area (Å²) in [7, 11) is 0. The van der Waals surface area contributed by atoms with Gasteiger partial charge < -0.3 is 4.74 Å². The number of thiazole rings is 1. The average molecular weight is 391 g/mol.